The molecule has 2 N–H and O–H groups in total. The minimum absolute atomic E-state index is 0.00408. The Bertz CT molecular complexity index is 572. The second-order valence-corrected chi connectivity index (χ2v) is 4.59. The Morgan fingerprint density at radius 3 is 2.48 bits per heavy atom. The molecule has 114 valence electrons. The average molecular weight is 302 g/mol. The Balaban J connectivity index is 1.89. The summed E-state index contributed by atoms with van der Waals surface area (Å²) in [4.78, 5) is 25.0. The minimum atomic E-state index is -4.38. The number of carbonyl (C=O) groups excluding carboxylic acids is 2. The van der Waals surface area contributed by atoms with Crippen LogP contribution in [0.4, 0.5) is 18.9 Å². The van der Waals surface area contributed by atoms with E-state index in [4.69, 9.17) is 5.73 Å². The molecule has 0 saturated heterocycles. The van der Waals surface area contributed by atoms with Gasteiger partial charge in [0, 0.05) is 18.8 Å². The molecule has 5 nitrogen and oxygen atoms in total. The van der Waals surface area contributed by atoms with E-state index in [1.165, 1.54) is 18.2 Å². The molecule has 21 heavy (non-hydrogen) atoms. The molecule has 1 aromatic carbocycles. The van der Waals surface area contributed by atoms with Crippen molar-refractivity contribution in [2.45, 2.75) is 12.6 Å². The second-order valence-electron chi connectivity index (χ2n) is 4.59. The van der Waals surface area contributed by atoms with Crippen molar-refractivity contribution in [3.63, 3.8) is 0 Å². The van der Waals surface area contributed by atoms with Crippen LogP contribution in [-0.4, -0.2) is 42.6 Å². The van der Waals surface area contributed by atoms with Crippen LogP contribution in [-0.2, 0) is 4.74 Å². The van der Waals surface area contributed by atoms with Crippen LogP contribution in [0.15, 0.2) is 18.2 Å². The van der Waals surface area contributed by atoms with E-state index in [0.717, 1.165) is 4.90 Å². The maximum Gasteiger partial charge on any atom is 0.411 e. The van der Waals surface area contributed by atoms with Gasteiger partial charge in [-0.25, -0.2) is 0 Å². The van der Waals surface area contributed by atoms with Crippen molar-refractivity contribution >= 4 is 17.5 Å². The third kappa shape index (κ3) is 3.52. The number of fused-ring (bicyclic) bond motifs is 1. The maximum absolute atomic E-state index is 12.0. The number of benzene rings is 1. The Kier molecular flexibility index (Phi) is 4.17. The predicted molar refractivity (Wildman–Crippen MR) is 67.7 cm³/mol. The zero-order valence-corrected chi connectivity index (χ0v) is 10.9. The first-order chi connectivity index (χ1) is 9.79. The van der Waals surface area contributed by atoms with Gasteiger partial charge in [0.05, 0.1) is 11.1 Å². The number of ether oxygens (including phenoxy) is 1. The summed E-state index contributed by atoms with van der Waals surface area (Å²) >= 11 is 0. The van der Waals surface area contributed by atoms with Crippen molar-refractivity contribution in [1.29, 1.82) is 0 Å². The van der Waals surface area contributed by atoms with Crippen molar-refractivity contribution in [2.24, 2.45) is 0 Å². The van der Waals surface area contributed by atoms with E-state index in [1.54, 1.807) is 0 Å². The Labute approximate surface area is 118 Å². The number of nitrogen functional groups attached to an aromatic ring is 1. The van der Waals surface area contributed by atoms with Crippen LogP contribution in [0.3, 0.4) is 0 Å². The Hall–Kier alpha value is -2.09. The largest absolute Gasteiger partial charge is 0.411 e. The number of halogens is 3. The van der Waals surface area contributed by atoms with Crippen LogP contribution < -0.4 is 5.73 Å². The van der Waals surface area contributed by atoms with E-state index < -0.39 is 24.6 Å². The fourth-order valence-corrected chi connectivity index (χ4v) is 2.02. The highest BCUT2D eigenvalue weighted by molar-refractivity contribution is 6.21. The van der Waals surface area contributed by atoms with Crippen LogP contribution >= 0.6 is 0 Å². The molecule has 0 atom stereocenters. The number of nitrogens with two attached hydrogens (primary N) is 1. The summed E-state index contributed by atoms with van der Waals surface area (Å²) in [6.07, 6.45) is -4.25. The van der Waals surface area contributed by atoms with E-state index in [-0.39, 0.29) is 30.7 Å². The molecule has 1 heterocycles. The number of imide groups is 1. The summed E-state index contributed by atoms with van der Waals surface area (Å²) in [6.45, 7) is -1.52. The van der Waals surface area contributed by atoms with E-state index in [0.29, 0.717) is 5.69 Å². The Morgan fingerprint density at radius 2 is 1.81 bits per heavy atom. The van der Waals surface area contributed by atoms with Gasteiger partial charge in [0.15, 0.2) is 0 Å². The third-order valence-corrected chi connectivity index (χ3v) is 2.93. The van der Waals surface area contributed by atoms with E-state index in [1.807, 2.05) is 0 Å². The quantitative estimate of drug-likeness (QED) is 0.512. The van der Waals surface area contributed by atoms with Crippen molar-refractivity contribution in [3.05, 3.63) is 29.3 Å². The highest BCUT2D eigenvalue weighted by Crippen LogP contribution is 2.24. The van der Waals surface area contributed by atoms with E-state index in [2.05, 4.69) is 4.74 Å². The van der Waals surface area contributed by atoms with Gasteiger partial charge in [0.2, 0.25) is 0 Å². The number of hydrogen-bond donors (Lipinski definition) is 1. The molecule has 0 bridgehead atoms. The number of nitrogens with zero attached hydrogens (tertiary/aromatic N) is 1. The molecule has 0 fully saturated rings. The molecule has 0 saturated carbocycles. The van der Waals surface area contributed by atoms with Gasteiger partial charge < -0.3 is 10.5 Å². The van der Waals surface area contributed by atoms with Gasteiger partial charge in [0.1, 0.15) is 6.61 Å². The highest BCUT2D eigenvalue weighted by Gasteiger charge is 2.35. The number of anilines is 1. The van der Waals surface area contributed by atoms with Crippen molar-refractivity contribution in [3.8, 4) is 0 Å². The standard InChI is InChI=1S/C13H13F3N2O3/c14-13(15,16)7-21-5-1-4-18-11(19)9-3-2-8(17)6-10(9)12(18)20/h2-3,6H,1,4-5,7,17H2. The van der Waals surface area contributed by atoms with Crippen molar-refractivity contribution in [1.82, 2.24) is 4.90 Å². The zero-order chi connectivity index (χ0) is 15.6. The van der Waals surface area contributed by atoms with Crippen LogP contribution in [0.25, 0.3) is 0 Å². The molecule has 0 radical (unpaired) electrons. The lowest BCUT2D eigenvalue weighted by Crippen LogP contribution is -2.31. The third-order valence-electron chi connectivity index (χ3n) is 2.93. The molecule has 0 aliphatic carbocycles. The number of rotatable bonds is 5. The van der Waals surface area contributed by atoms with Crippen LogP contribution in [0.1, 0.15) is 27.1 Å². The maximum atomic E-state index is 12.0. The lowest BCUT2D eigenvalue weighted by molar-refractivity contribution is -0.174. The summed E-state index contributed by atoms with van der Waals surface area (Å²) in [5.41, 5.74) is 6.40. The normalized spacial score (nSPS) is 14.7. The second kappa shape index (κ2) is 5.72. The van der Waals surface area contributed by atoms with Crippen molar-refractivity contribution in [2.75, 3.05) is 25.5 Å². The fraction of sp³-hybridized carbons (Fsp3) is 0.385. The van der Waals surface area contributed by atoms with Gasteiger partial charge >= 0.3 is 6.18 Å². The van der Waals surface area contributed by atoms with E-state index >= 15 is 0 Å². The molecule has 1 aliphatic heterocycles. The summed E-state index contributed by atoms with van der Waals surface area (Å²) in [5, 5.41) is 0. The molecule has 1 aromatic rings. The molecule has 1 aliphatic rings. The van der Waals surface area contributed by atoms with Gasteiger partial charge in [-0.2, -0.15) is 13.2 Å². The first kappa shape index (κ1) is 15.3. The monoisotopic (exact) mass is 302 g/mol. The zero-order valence-electron chi connectivity index (χ0n) is 10.9. The van der Waals surface area contributed by atoms with Gasteiger partial charge in [-0.05, 0) is 24.6 Å². The van der Waals surface area contributed by atoms with E-state index in [9.17, 15) is 22.8 Å². The molecule has 2 rings (SSSR count). The molecule has 0 unspecified atom stereocenters. The number of carbonyl (C=O) groups is 2. The average Bonchev–Trinajstić information content (AvgIpc) is 2.61. The fourth-order valence-electron chi connectivity index (χ4n) is 2.02. The van der Waals surface area contributed by atoms with Crippen LogP contribution in [0.5, 0.6) is 0 Å². The lowest BCUT2D eigenvalue weighted by atomic mass is 10.1. The number of alkyl halides is 3. The predicted octanol–water partition coefficient (Wildman–Crippen LogP) is 1.83. The summed E-state index contributed by atoms with van der Waals surface area (Å²) < 4.78 is 40.0. The first-order valence-corrected chi connectivity index (χ1v) is 6.20. The number of amides is 2. The van der Waals surface area contributed by atoms with Gasteiger partial charge in [-0.1, -0.05) is 0 Å². The number of hydrogen-bond acceptors (Lipinski definition) is 4. The lowest BCUT2D eigenvalue weighted by Gasteiger charge is -2.14. The van der Waals surface area contributed by atoms with Crippen LogP contribution in [0.2, 0.25) is 0 Å². The minimum Gasteiger partial charge on any atom is -0.399 e. The molecule has 2 amide bonds. The van der Waals surface area contributed by atoms with Gasteiger partial charge in [-0.3, -0.25) is 14.5 Å². The SMILES string of the molecule is Nc1ccc2c(c1)C(=O)N(CCCOCC(F)(F)F)C2=O. The molecular formula is C13H13F3N2O3. The molecular weight excluding hydrogens is 289 g/mol. The van der Waals surface area contributed by atoms with Crippen molar-refractivity contribution < 1.29 is 27.5 Å². The van der Waals surface area contributed by atoms with Gasteiger partial charge in [-0.15, -0.1) is 0 Å². The highest BCUT2D eigenvalue weighted by atomic mass is 19.4. The smallest absolute Gasteiger partial charge is 0.399 e. The Morgan fingerprint density at radius 1 is 1.14 bits per heavy atom. The first-order valence-electron chi connectivity index (χ1n) is 6.20. The topological polar surface area (TPSA) is 72.6 Å². The molecule has 0 aromatic heterocycles. The summed E-state index contributed by atoms with van der Waals surface area (Å²) in [5.74, 6) is -0.955. The summed E-state index contributed by atoms with van der Waals surface area (Å²) in [7, 11) is 0. The summed E-state index contributed by atoms with van der Waals surface area (Å²) in [6, 6.07) is 4.39. The van der Waals surface area contributed by atoms with Crippen LogP contribution in [0, 0.1) is 0 Å². The molecule has 8 heteroatoms. The van der Waals surface area contributed by atoms with Gasteiger partial charge in [0.25, 0.3) is 11.8 Å². The molecule has 0 spiro atoms.